The number of aryl methyl sites for hydroxylation is 1. The Morgan fingerprint density at radius 2 is 2.22 bits per heavy atom. The van der Waals surface area contributed by atoms with Crippen molar-refractivity contribution < 1.29 is 9.53 Å². The zero-order chi connectivity index (χ0) is 16.2. The fourth-order valence-electron chi connectivity index (χ4n) is 2.99. The van der Waals surface area contributed by atoms with Gasteiger partial charge in [-0.15, -0.1) is 0 Å². The number of para-hydroxylation sites is 1. The lowest BCUT2D eigenvalue weighted by Gasteiger charge is -2.18. The van der Waals surface area contributed by atoms with Crippen LogP contribution >= 0.6 is 0 Å². The molecule has 0 aliphatic carbocycles. The molecule has 0 bridgehead atoms. The van der Waals surface area contributed by atoms with Crippen molar-refractivity contribution in [3.05, 3.63) is 36.0 Å². The molecule has 3 rings (SSSR count). The third-order valence-electron chi connectivity index (χ3n) is 4.21. The van der Waals surface area contributed by atoms with Crippen LogP contribution in [0.5, 0.6) is 0 Å². The Labute approximate surface area is 136 Å². The minimum absolute atomic E-state index is 0.0643. The van der Waals surface area contributed by atoms with Crippen LogP contribution in [-0.4, -0.2) is 41.7 Å². The Kier molecular flexibility index (Phi) is 4.76. The fraction of sp³-hybridized carbons (Fsp3) is 0.444. The standard InChI is InChI=1S/C18H23N3O2/c1-3-13-11-17(15-7-5-6-8-16(15)19-13)20-18(22)21-10-9-14(12-21)23-4-2/h5-8,11,14H,3-4,9-10,12H2,1-2H3,(H,19,20,22)/t14-/m0/s1. The van der Waals surface area contributed by atoms with E-state index in [1.807, 2.05) is 42.2 Å². The van der Waals surface area contributed by atoms with Gasteiger partial charge < -0.3 is 15.0 Å². The van der Waals surface area contributed by atoms with Gasteiger partial charge in [0.2, 0.25) is 0 Å². The van der Waals surface area contributed by atoms with Gasteiger partial charge in [-0.25, -0.2) is 4.79 Å². The highest BCUT2D eigenvalue weighted by molar-refractivity contribution is 6.00. The number of anilines is 1. The molecule has 1 atom stereocenters. The molecule has 1 aliphatic rings. The SMILES string of the molecule is CCO[C@H]1CCN(C(=O)Nc2cc(CC)nc3ccccc23)C1. The summed E-state index contributed by atoms with van der Waals surface area (Å²) in [6.07, 6.45) is 1.90. The zero-order valence-electron chi connectivity index (χ0n) is 13.7. The molecule has 2 amide bonds. The van der Waals surface area contributed by atoms with Crippen molar-refractivity contribution in [2.75, 3.05) is 25.0 Å². The predicted octanol–water partition coefficient (Wildman–Crippen LogP) is 3.44. The molecule has 0 saturated carbocycles. The number of carbonyl (C=O) groups is 1. The van der Waals surface area contributed by atoms with Crippen LogP contribution in [0.2, 0.25) is 0 Å². The first-order valence-corrected chi connectivity index (χ1v) is 8.27. The number of carbonyl (C=O) groups excluding carboxylic acids is 1. The molecule has 1 aromatic carbocycles. The molecule has 2 heterocycles. The molecule has 0 unspecified atom stereocenters. The zero-order valence-corrected chi connectivity index (χ0v) is 13.7. The summed E-state index contributed by atoms with van der Waals surface area (Å²) in [6.45, 7) is 6.13. The molecule has 0 spiro atoms. The average molecular weight is 313 g/mol. The second-order valence-corrected chi connectivity index (χ2v) is 5.77. The number of benzene rings is 1. The van der Waals surface area contributed by atoms with Crippen molar-refractivity contribution in [1.82, 2.24) is 9.88 Å². The van der Waals surface area contributed by atoms with Crippen molar-refractivity contribution in [1.29, 1.82) is 0 Å². The van der Waals surface area contributed by atoms with Crippen LogP contribution in [0.1, 0.15) is 26.0 Å². The quantitative estimate of drug-likeness (QED) is 0.940. The van der Waals surface area contributed by atoms with Crippen LogP contribution in [0, 0.1) is 0 Å². The number of aromatic nitrogens is 1. The van der Waals surface area contributed by atoms with Gasteiger partial charge in [0, 0.05) is 30.8 Å². The predicted molar refractivity (Wildman–Crippen MR) is 91.7 cm³/mol. The smallest absolute Gasteiger partial charge is 0.321 e. The molecule has 0 radical (unpaired) electrons. The second-order valence-electron chi connectivity index (χ2n) is 5.77. The van der Waals surface area contributed by atoms with E-state index < -0.39 is 0 Å². The maximum absolute atomic E-state index is 12.5. The van der Waals surface area contributed by atoms with E-state index in [4.69, 9.17) is 4.74 Å². The van der Waals surface area contributed by atoms with E-state index in [0.29, 0.717) is 13.2 Å². The van der Waals surface area contributed by atoms with E-state index in [-0.39, 0.29) is 12.1 Å². The first kappa shape index (κ1) is 15.7. The number of hydrogen-bond donors (Lipinski definition) is 1. The van der Waals surface area contributed by atoms with Gasteiger partial charge in [0.15, 0.2) is 0 Å². The molecule has 1 fully saturated rings. The number of fused-ring (bicyclic) bond motifs is 1. The number of amides is 2. The van der Waals surface area contributed by atoms with Crippen molar-refractivity contribution >= 4 is 22.6 Å². The van der Waals surface area contributed by atoms with Gasteiger partial charge in [-0.1, -0.05) is 25.1 Å². The third-order valence-corrected chi connectivity index (χ3v) is 4.21. The molecular formula is C18H23N3O2. The lowest BCUT2D eigenvalue weighted by atomic mass is 10.1. The summed E-state index contributed by atoms with van der Waals surface area (Å²) < 4.78 is 5.61. The highest BCUT2D eigenvalue weighted by Gasteiger charge is 2.26. The maximum Gasteiger partial charge on any atom is 0.321 e. The van der Waals surface area contributed by atoms with Crippen LogP contribution < -0.4 is 5.32 Å². The normalized spacial score (nSPS) is 17.7. The summed E-state index contributed by atoms with van der Waals surface area (Å²) in [5, 5.41) is 4.03. The first-order chi connectivity index (χ1) is 11.2. The molecular weight excluding hydrogens is 290 g/mol. The number of likely N-dealkylation sites (tertiary alicyclic amines) is 1. The van der Waals surface area contributed by atoms with Crippen LogP contribution in [-0.2, 0) is 11.2 Å². The Hall–Kier alpha value is -2.14. The van der Waals surface area contributed by atoms with Crippen LogP contribution in [0.3, 0.4) is 0 Å². The molecule has 5 heteroatoms. The van der Waals surface area contributed by atoms with Gasteiger partial charge in [0.1, 0.15) is 0 Å². The summed E-state index contributed by atoms with van der Waals surface area (Å²) in [5.41, 5.74) is 2.72. The topological polar surface area (TPSA) is 54.5 Å². The minimum Gasteiger partial charge on any atom is -0.377 e. The van der Waals surface area contributed by atoms with Crippen LogP contribution in [0.25, 0.3) is 10.9 Å². The van der Waals surface area contributed by atoms with E-state index in [9.17, 15) is 4.79 Å². The molecule has 1 aliphatic heterocycles. The lowest BCUT2D eigenvalue weighted by molar-refractivity contribution is 0.0716. The number of ether oxygens (including phenoxy) is 1. The number of rotatable bonds is 4. The van der Waals surface area contributed by atoms with Crippen molar-refractivity contribution in [3.63, 3.8) is 0 Å². The number of nitrogens with zero attached hydrogens (tertiary/aromatic N) is 2. The molecule has 5 nitrogen and oxygen atoms in total. The molecule has 1 aromatic heterocycles. The van der Waals surface area contributed by atoms with Crippen LogP contribution in [0.4, 0.5) is 10.5 Å². The number of pyridine rings is 1. The largest absolute Gasteiger partial charge is 0.377 e. The number of hydrogen-bond acceptors (Lipinski definition) is 3. The molecule has 23 heavy (non-hydrogen) atoms. The van der Waals surface area contributed by atoms with E-state index in [2.05, 4.69) is 17.2 Å². The lowest BCUT2D eigenvalue weighted by Crippen LogP contribution is -2.34. The molecule has 122 valence electrons. The van der Waals surface area contributed by atoms with Gasteiger partial charge in [-0.3, -0.25) is 4.98 Å². The highest BCUT2D eigenvalue weighted by Crippen LogP contribution is 2.24. The molecule has 2 aromatic rings. The summed E-state index contributed by atoms with van der Waals surface area (Å²) in [4.78, 5) is 19.0. The summed E-state index contributed by atoms with van der Waals surface area (Å²) in [7, 11) is 0. The van der Waals surface area contributed by atoms with Gasteiger partial charge in [-0.05, 0) is 31.9 Å². The van der Waals surface area contributed by atoms with Crippen molar-refractivity contribution in [2.24, 2.45) is 0 Å². The fourth-order valence-corrected chi connectivity index (χ4v) is 2.99. The first-order valence-electron chi connectivity index (χ1n) is 8.27. The van der Waals surface area contributed by atoms with E-state index in [1.165, 1.54) is 0 Å². The van der Waals surface area contributed by atoms with Gasteiger partial charge in [-0.2, -0.15) is 0 Å². The molecule has 1 N–H and O–H groups in total. The highest BCUT2D eigenvalue weighted by atomic mass is 16.5. The Morgan fingerprint density at radius 3 is 3.00 bits per heavy atom. The van der Waals surface area contributed by atoms with Crippen molar-refractivity contribution in [2.45, 2.75) is 32.8 Å². The third kappa shape index (κ3) is 3.45. The van der Waals surface area contributed by atoms with E-state index in [1.54, 1.807) is 0 Å². The number of urea groups is 1. The minimum atomic E-state index is -0.0643. The monoisotopic (exact) mass is 313 g/mol. The van der Waals surface area contributed by atoms with Gasteiger partial charge in [0.25, 0.3) is 0 Å². The Bertz CT molecular complexity index is 702. The van der Waals surface area contributed by atoms with E-state index in [0.717, 1.165) is 41.7 Å². The van der Waals surface area contributed by atoms with Crippen molar-refractivity contribution in [3.8, 4) is 0 Å². The van der Waals surface area contributed by atoms with Crippen LogP contribution in [0.15, 0.2) is 30.3 Å². The number of nitrogens with one attached hydrogen (secondary N) is 1. The maximum atomic E-state index is 12.5. The van der Waals surface area contributed by atoms with Gasteiger partial charge in [0.05, 0.1) is 17.3 Å². The van der Waals surface area contributed by atoms with E-state index >= 15 is 0 Å². The summed E-state index contributed by atoms with van der Waals surface area (Å²) in [6, 6.07) is 9.80. The summed E-state index contributed by atoms with van der Waals surface area (Å²) in [5.74, 6) is 0. The Balaban J connectivity index is 1.79. The Morgan fingerprint density at radius 1 is 1.39 bits per heavy atom. The second kappa shape index (κ2) is 6.96. The van der Waals surface area contributed by atoms with Gasteiger partial charge >= 0.3 is 6.03 Å². The molecule has 1 saturated heterocycles. The average Bonchev–Trinajstić information content (AvgIpc) is 3.04. The summed E-state index contributed by atoms with van der Waals surface area (Å²) >= 11 is 0.